The molecule has 0 radical (unpaired) electrons. The van der Waals surface area contributed by atoms with E-state index in [-0.39, 0.29) is 6.61 Å². The highest BCUT2D eigenvalue weighted by atomic mass is 19.4. The molecule has 174 valence electrons. The summed E-state index contributed by atoms with van der Waals surface area (Å²) in [6, 6.07) is 12.6. The summed E-state index contributed by atoms with van der Waals surface area (Å²) >= 11 is 0. The van der Waals surface area contributed by atoms with Crippen LogP contribution in [0, 0.1) is 0 Å². The van der Waals surface area contributed by atoms with Crippen LogP contribution in [-0.4, -0.2) is 16.5 Å². The Balaban J connectivity index is 1.46. The van der Waals surface area contributed by atoms with Crippen molar-refractivity contribution in [2.45, 2.75) is 25.6 Å². The summed E-state index contributed by atoms with van der Waals surface area (Å²) in [6.07, 6.45) is 5.14. The molecule has 0 aliphatic heterocycles. The minimum atomic E-state index is -4.35. The number of aryl methyl sites for hydroxylation is 1. The SMILES string of the molecule is N/C=C\N(N)CCCc1ccc(OCc2coc(/C=C/c3ccc(C(F)(F)F)cc3)n2)cc1. The van der Waals surface area contributed by atoms with Gasteiger partial charge in [-0.05, 0) is 54.3 Å². The molecule has 0 bridgehead atoms. The normalized spacial score (nSPS) is 12.0. The van der Waals surface area contributed by atoms with E-state index in [9.17, 15) is 13.2 Å². The molecule has 2 aromatic carbocycles. The van der Waals surface area contributed by atoms with Crippen molar-refractivity contribution in [1.29, 1.82) is 0 Å². The van der Waals surface area contributed by atoms with Gasteiger partial charge in [0.15, 0.2) is 0 Å². The molecule has 6 nitrogen and oxygen atoms in total. The molecule has 4 N–H and O–H groups in total. The maximum absolute atomic E-state index is 12.6. The molecule has 0 spiro atoms. The van der Waals surface area contributed by atoms with Gasteiger partial charge in [-0.2, -0.15) is 13.2 Å². The molecule has 9 heteroatoms. The van der Waals surface area contributed by atoms with Crippen LogP contribution in [0.2, 0.25) is 0 Å². The van der Waals surface area contributed by atoms with E-state index >= 15 is 0 Å². The van der Waals surface area contributed by atoms with Crippen molar-refractivity contribution in [1.82, 2.24) is 9.99 Å². The number of ether oxygens (including phenoxy) is 1. The molecule has 3 rings (SSSR count). The first-order valence-electron chi connectivity index (χ1n) is 10.2. The van der Waals surface area contributed by atoms with Crippen molar-refractivity contribution in [2.24, 2.45) is 11.6 Å². The number of hydrogen-bond donors (Lipinski definition) is 2. The first-order chi connectivity index (χ1) is 15.8. The van der Waals surface area contributed by atoms with Crippen molar-refractivity contribution < 1.29 is 22.3 Å². The second kappa shape index (κ2) is 11.2. The van der Waals surface area contributed by atoms with E-state index in [1.807, 2.05) is 24.3 Å². The minimum absolute atomic E-state index is 0.227. The van der Waals surface area contributed by atoms with Crippen LogP contribution in [0.3, 0.4) is 0 Å². The molecule has 3 aromatic rings. The Bertz CT molecular complexity index is 1060. The number of rotatable bonds is 10. The summed E-state index contributed by atoms with van der Waals surface area (Å²) in [5, 5.41) is 1.54. The van der Waals surface area contributed by atoms with Crippen molar-refractivity contribution in [2.75, 3.05) is 6.54 Å². The van der Waals surface area contributed by atoms with Gasteiger partial charge in [-0.1, -0.05) is 24.3 Å². The lowest BCUT2D eigenvalue weighted by molar-refractivity contribution is -0.137. The number of hydrazine groups is 1. The number of nitrogens with zero attached hydrogens (tertiary/aromatic N) is 2. The number of oxazole rings is 1. The van der Waals surface area contributed by atoms with Crippen molar-refractivity contribution in [3.8, 4) is 5.75 Å². The molecule has 0 saturated heterocycles. The van der Waals surface area contributed by atoms with Crippen LogP contribution in [0.15, 0.2) is 71.6 Å². The second-order valence-electron chi connectivity index (χ2n) is 7.25. The first kappa shape index (κ1) is 23.9. The molecule has 1 heterocycles. The van der Waals surface area contributed by atoms with Crippen LogP contribution in [0.4, 0.5) is 13.2 Å². The maximum Gasteiger partial charge on any atom is 0.416 e. The van der Waals surface area contributed by atoms with Gasteiger partial charge in [-0.15, -0.1) is 0 Å². The number of hydrogen-bond acceptors (Lipinski definition) is 6. The molecular weight excluding hydrogens is 433 g/mol. The molecule has 0 aliphatic carbocycles. The third-order valence-corrected chi connectivity index (χ3v) is 4.70. The molecule has 0 atom stereocenters. The van der Waals surface area contributed by atoms with Crippen LogP contribution in [-0.2, 0) is 19.2 Å². The van der Waals surface area contributed by atoms with Crippen LogP contribution in [0.5, 0.6) is 5.75 Å². The standard InChI is InChI=1S/C24H25F3N4O2/c25-24(26,27)20-8-3-19(4-9-20)7-12-23-30-21(17-33-23)16-32-22-10-5-18(6-11-22)2-1-14-31(29)15-13-28/h3-13,15,17H,1-2,14,16,28-29H2/b12-7+,15-13-. The number of alkyl halides is 3. The molecule has 0 unspecified atom stereocenters. The predicted molar refractivity (Wildman–Crippen MR) is 120 cm³/mol. The average molecular weight is 458 g/mol. The van der Waals surface area contributed by atoms with E-state index in [4.69, 9.17) is 20.7 Å². The smallest absolute Gasteiger partial charge is 0.416 e. The lowest BCUT2D eigenvalue weighted by atomic mass is 10.1. The highest BCUT2D eigenvalue weighted by Crippen LogP contribution is 2.29. The van der Waals surface area contributed by atoms with Crippen LogP contribution < -0.4 is 16.3 Å². The summed E-state index contributed by atoms with van der Waals surface area (Å²) in [5.74, 6) is 6.77. The largest absolute Gasteiger partial charge is 0.487 e. The van der Waals surface area contributed by atoms with Gasteiger partial charge in [-0.25, -0.2) is 10.8 Å². The number of nitrogens with two attached hydrogens (primary N) is 2. The van der Waals surface area contributed by atoms with Gasteiger partial charge in [-0.3, -0.25) is 0 Å². The zero-order chi connectivity index (χ0) is 23.7. The quantitative estimate of drug-likeness (QED) is 0.329. The van der Waals surface area contributed by atoms with Crippen LogP contribution >= 0.6 is 0 Å². The van der Waals surface area contributed by atoms with Crippen LogP contribution in [0.25, 0.3) is 12.2 Å². The third kappa shape index (κ3) is 7.73. The van der Waals surface area contributed by atoms with Gasteiger partial charge in [0.1, 0.15) is 24.3 Å². The summed E-state index contributed by atoms with van der Waals surface area (Å²) in [5.41, 5.74) is 6.98. The van der Waals surface area contributed by atoms with Gasteiger partial charge in [0, 0.05) is 25.0 Å². The predicted octanol–water partition coefficient (Wildman–Crippen LogP) is 4.98. The number of benzene rings is 2. The lowest BCUT2D eigenvalue weighted by Gasteiger charge is -2.12. The van der Waals surface area contributed by atoms with Crippen LogP contribution in [0.1, 0.15) is 34.7 Å². The Morgan fingerprint density at radius 1 is 1.03 bits per heavy atom. The average Bonchev–Trinajstić information content (AvgIpc) is 3.25. The van der Waals surface area contributed by atoms with Gasteiger partial charge in [0.05, 0.1) is 5.56 Å². The fourth-order valence-corrected chi connectivity index (χ4v) is 2.98. The first-order valence-corrected chi connectivity index (χ1v) is 10.2. The minimum Gasteiger partial charge on any atom is -0.487 e. The van der Waals surface area contributed by atoms with E-state index in [2.05, 4.69) is 4.98 Å². The Hall–Kier alpha value is -3.72. The molecular formula is C24H25F3N4O2. The van der Waals surface area contributed by atoms with Crippen molar-refractivity contribution in [3.05, 3.63) is 95.5 Å². The fraction of sp³-hybridized carbons (Fsp3) is 0.208. The topological polar surface area (TPSA) is 90.5 Å². The molecule has 1 aromatic heterocycles. The molecule has 0 aliphatic rings. The van der Waals surface area contributed by atoms with Crippen molar-refractivity contribution >= 4 is 12.2 Å². The van der Waals surface area contributed by atoms with Gasteiger partial charge < -0.3 is 19.9 Å². The van der Waals surface area contributed by atoms with E-state index in [1.54, 1.807) is 23.4 Å². The van der Waals surface area contributed by atoms with E-state index in [1.165, 1.54) is 30.2 Å². The summed E-state index contributed by atoms with van der Waals surface area (Å²) < 4.78 is 49.0. The van der Waals surface area contributed by atoms with E-state index < -0.39 is 11.7 Å². The zero-order valence-corrected chi connectivity index (χ0v) is 17.8. The Morgan fingerprint density at radius 3 is 2.42 bits per heavy atom. The van der Waals surface area contributed by atoms with E-state index in [0.717, 1.165) is 25.0 Å². The summed E-state index contributed by atoms with van der Waals surface area (Å²) in [7, 11) is 0. The fourth-order valence-electron chi connectivity index (χ4n) is 2.98. The molecule has 33 heavy (non-hydrogen) atoms. The Kier molecular flexibility index (Phi) is 8.15. The molecule has 0 fully saturated rings. The monoisotopic (exact) mass is 458 g/mol. The number of aromatic nitrogens is 1. The summed E-state index contributed by atoms with van der Waals surface area (Å²) in [4.78, 5) is 4.30. The van der Waals surface area contributed by atoms with Gasteiger partial charge in [0.25, 0.3) is 0 Å². The Morgan fingerprint density at radius 2 is 1.76 bits per heavy atom. The van der Waals surface area contributed by atoms with Gasteiger partial charge in [0.2, 0.25) is 5.89 Å². The second-order valence-corrected chi connectivity index (χ2v) is 7.25. The zero-order valence-electron chi connectivity index (χ0n) is 17.8. The molecule has 0 saturated carbocycles. The third-order valence-electron chi connectivity index (χ3n) is 4.70. The lowest BCUT2D eigenvalue weighted by Crippen LogP contribution is -2.26. The highest BCUT2D eigenvalue weighted by molar-refractivity contribution is 5.66. The molecule has 0 amide bonds. The Labute approximate surface area is 189 Å². The summed E-state index contributed by atoms with van der Waals surface area (Å²) in [6.45, 7) is 0.929. The van der Waals surface area contributed by atoms with Crippen molar-refractivity contribution in [3.63, 3.8) is 0 Å². The number of halogens is 3. The van der Waals surface area contributed by atoms with E-state index in [0.29, 0.717) is 29.4 Å². The highest BCUT2D eigenvalue weighted by Gasteiger charge is 2.29. The maximum atomic E-state index is 12.6. The van der Waals surface area contributed by atoms with Gasteiger partial charge >= 0.3 is 6.18 Å².